The first-order valence-electron chi connectivity index (χ1n) is 26.3. The lowest BCUT2D eigenvalue weighted by Crippen LogP contribution is -2.06. The number of thioether (sulfide) groups is 4. The highest BCUT2D eigenvalue weighted by Gasteiger charge is 2.27. The maximum Gasteiger partial charge on any atom is 0.307 e. The van der Waals surface area contributed by atoms with Crippen LogP contribution in [0.1, 0.15) is 43.0 Å². The second-order valence-electron chi connectivity index (χ2n) is 18.5. The summed E-state index contributed by atoms with van der Waals surface area (Å²) in [5.41, 5.74) is 4.82. The molecular weight excluding hydrogens is 1260 g/mol. The van der Waals surface area contributed by atoms with E-state index in [2.05, 4.69) is 42.5 Å². The third-order valence-corrected chi connectivity index (χ3v) is 20.4. The van der Waals surface area contributed by atoms with Gasteiger partial charge in [-0.25, -0.2) is 0 Å². The molecule has 0 saturated heterocycles. The van der Waals surface area contributed by atoms with Gasteiger partial charge in [-0.3, -0.25) is 14.4 Å². The molecule has 0 atom stereocenters. The van der Waals surface area contributed by atoms with Crippen molar-refractivity contribution in [3.63, 3.8) is 0 Å². The van der Waals surface area contributed by atoms with Crippen LogP contribution in [0.3, 0.4) is 0 Å². The van der Waals surface area contributed by atoms with Crippen LogP contribution in [0.4, 0.5) is 0 Å². The molecule has 13 nitrogen and oxygen atoms in total. The molecule has 0 bridgehead atoms. The van der Waals surface area contributed by atoms with Crippen molar-refractivity contribution in [2.24, 2.45) is 0 Å². The van der Waals surface area contributed by atoms with E-state index in [4.69, 9.17) is 38.8 Å². The Morgan fingerprint density at radius 1 is 0.483 bits per heavy atom. The fourth-order valence-electron chi connectivity index (χ4n) is 8.77. The predicted molar refractivity (Wildman–Crippen MR) is 355 cm³/mol. The first-order valence-corrected chi connectivity index (χ1v) is 34.5. The number of benzene rings is 8. The summed E-state index contributed by atoms with van der Waals surface area (Å²) in [5, 5.41) is 37.7. The lowest BCUT2D eigenvalue weighted by atomic mass is 10.0. The van der Waals surface area contributed by atoms with Crippen molar-refractivity contribution in [1.29, 1.82) is 5.26 Å². The Labute approximate surface area is 541 Å². The van der Waals surface area contributed by atoms with Gasteiger partial charge in [0, 0.05) is 95.9 Å². The number of fused-ring (bicyclic) bond motifs is 4. The minimum absolute atomic E-state index is 0.00215. The molecule has 3 N–H and O–H groups in total. The van der Waals surface area contributed by atoms with Gasteiger partial charge in [0.25, 0.3) is 0 Å². The number of hydrogen-bond donors (Lipinski definition) is 3. The molecule has 2 heterocycles. The molecule has 0 saturated carbocycles. The molecule has 0 fully saturated rings. The number of Topliss-reactive ketones (excluding diaryl/α,β-unsaturated/α-hetero) is 2. The first-order chi connectivity index (χ1) is 42.0. The number of nitrogens with zero attached hydrogens (tertiary/aromatic N) is 1. The van der Waals surface area contributed by atoms with E-state index in [1.807, 2.05) is 97.8 Å². The van der Waals surface area contributed by atoms with Crippen LogP contribution < -0.4 is 28.4 Å². The SMILES string of the molecule is COc1cc(OC)c2c(c1)Sc1ccc(SC)cc1CC2=O.COc1cc(OC)cc(Sc2ccc(SC)cc2CC#N)c1.COc1cc(OC)cc(Sc2ccc(SC)cc2CC(=O)O)c1.CSc1ccc2c(c1)CC(=O)c1c(O)cc(O)cc1S2. The lowest BCUT2D eigenvalue weighted by molar-refractivity contribution is -0.136. The van der Waals surface area contributed by atoms with Crippen molar-refractivity contribution >= 4 is 112 Å². The van der Waals surface area contributed by atoms with Crippen LogP contribution in [0.15, 0.2) is 192 Å². The third-order valence-electron chi connectivity index (χ3n) is 13.0. The Morgan fingerprint density at radius 2 is 0.897 bits per heavy atom. The Kier molecular flexibility index (Phi) is 25.7. The highest BCUT2D eigenvalue weighted by atomic mass is 32.2. The molecule has 2 aliphatic heterocycles. The minimum Gasteiger partial charge on any atom is -0.508 e. The summed E-state index contributed by atoms with van der Waals surface area (Å²) in [6, 6.07) is 44.4. The average molecular weight is 1320 g/mol. The lowest BCUT2D eigenvalue weighted by Gasteiger charge is -2.12. The zero-order valence-electron chi connectivity index (χ0n) is 49.3. The minimum atomic E-state index is -0.840. The number of nitriles is 1. The molecular formula is C66H63NO12S8. The zero-order chi connectivity index (χ0) is 62.7. The van der Waals surface area contributed by atoms with Crippen LogP contribution in [0.5, 0.6) is 46.0 Å². The second kappa shape index (κ2) is 33.0. The molecule has 8 aromatic rings. The summed E-state index contributed by atoms with van der Waals surface area (Å²) < 4.78 is 31.9. The van der Waals surface area contributed by atoms with Gasteiger partial charge in [-0.1, -0.05) is 47.0 Å². The number of aliphatic carboxylic acids is 1. The van der Waals surface area contributed by atoms with Crippen LogP contribution in [-0.4, -0.2) is 101 Å². The van der Waals surface area contributed by atoms with Crippen LogP contribution in [-0.2, 0) is 30.5 Å². The normalized spacial score (nSPS) is 11.7. The number of carboxylic acid groups (broad SMARTS) is 1. The molecule has 0 radical (unpaired) electrons. The summed E-state index contributed by atoms with van der Waals surface area (Å²) in [6.45, 7) is 0. The Bertz CT molecular complexity index is 3790. The van der Waals surface area contributed by atoms with E-state index in [1.54, 1.807) is 125 Å². The first kappa shape index (κ1) is 67.8. The van der Waals surface area contributed by atoms with E-state index >= 15 is 0 Å². The number of carboxylic acids is 1. The molecule has 10 rings (SSSR count). The Balaban J connectivity index is 0.000000166. The van der Waals surface area contributed by atoms with E-state index in [0.29, 0.717) is 51.9 Å². The molecule has 0 spiro atoms. The fourth-order valence-corrected chi connectivity index (χ4v) is 14.9. The maximum atomic E-state index is 12.7. The number of phenols is 2. The Hall–Kier alpha value is -6.74. The molecule has 21 heteroatoms. The van der Waals surface area contributed by atoms with Crippen molar-refractivity contribution in [2.75, 3.05) is 67.7 Å². The van der Waals surface area contributed by atoms with Gasteiger partial charge in [0.05, 0.1) is 72.7 Å². The molecule has 0 aromatic heterocycles. The monoisotopic (exact) mass is 1320 g/mol. The molecule has 0 aliphatic carbocycles. The van der Waals surface area contributed by atoms with Gasteiger partial charge >= 0.3 is 5.97 Å². The van der Waals surface area contributed by atoms with Crippen molar-refractivity contribution < 1.29 is 58.1 Å². The zero-order valence-corrected chi connectivity index (χ0v) is 55.8. The summed E-state index contributed by atoms with van der Waals surface area (Å²) in [6.07, 6.45) is 9.09. The number of carbonyl (C=O) groups excluding carboxylic acids is 2. The van der Waals surface area contributed by atoms with Gasteiger partial charge in [-0.05, 0) is 156 Å². The molecule has 0 unspecified atom stereocenters. The van der Waals surface area contributed by atoms with Crippen molar-refractivity contribution in [1.82, 2.24) is 0 Å². The number of ketones is 2. The largest absolute Gasteiger partial charge is 0.508 e. The third kappa shape index (κ3) is 18.4. The van der Waals surface area contributed by atoms with E-state index in [9.17, 15) is 24.6 Å². The van der Waals surface area contributed by atoms with Crippen LogP contribution in [0, 0.1) is 11.3 Å². The number of methoxy groups -OCH3 is 6. The summed E-state index contributed by atoms with van der Waals surface area (Å²) in [4.78, 5) is 48.2. The number of carbonyl (C=O) groups is 3. The fraction of sp³-hybridized carbons (Fsp3) is 0.212. The number of rotatable bonds is 17. The van der Waals surface area contributed by atoms with Crippen molar-refractivity contribution in [3.05, 3.63) is 167 Å². The standard InChI is InChI=1S/C17H17NO2S2.C17H18O4S2.C17H16O3S2.C15H12O3S2/c1-19-13-9-14(20-2)11-16(10-13)22-17-5-4-15(21-3)8-12(17)6-7-18;1-20-12-8-13(21-2)10-15(9-12)23-16-5-4-14(22-3)6-11(16)7-17(18)19;1-19-11-8-14(20-2)17-13(18)7-10-6-12(21-3)4-5-15(10)22-16(17)9-11;1-19-10-2-3-13-8(4-10)5-11(17)15-12(18)6-9(16)7-14(15)20-13/h4-5,8-11H,6H2,1-3H3;4-6,8-10H,7H2,1-3H3,(H,18,19);4-6,8-9H,7H2,1-3H3;2-4,6-7,16,18H,5H2,1H3. The number of hydrogen-bond acceptors (Lipinski definition) is 20. The van der Waals surface area contributed by atoms with Gasteiger partial charge in [0.1, 0.15) is 46.0 Å². The number of phenolic OH excluding ortho intramolecular Hbond substituents is 2. The average Bonchev–Trinajstić information content (AvgIpc) is 3.03. The van der Waals surface area contributed by atoms with Crippen LogP contribution >= 0.6 is 94.1 Å². The van der Waals surface area contributed by atoms with Gasteiger partial charge in [-0.2, -0.15) is 5.26 Å². The van der Waals surface area contributed by atoms with Gasteiger partial charge < -0.3 is 43.7 Å². The number of ether oxygens (including phenoxy) is 6. The summed E-state index contributed by atoms with van der Waals surface area (Å²) in [7, 11) is 9.67. The molecule has 452 valence electrons. The predicted octanol–water partition coefficient (Wildman–Crippen LogP) is 16.9. The van der Waals surface area contributed by atoms with Gasteiger partial charge in [-0.15, -0.1) is 47.0 Å². The van der Waals surface area contributed by atoms with Crippen molar-refractivity contribution in [2.45, 2.75) is 84.4 Å². The second-order valence-corrected chi connectivity index (χ2v) is 26.5. The van der Waals surface area contributed by atoms with E-state index < -0.39 is 5.97 Å². The molecule has 2 aliphatic rings. The van der Waals surface area contributed by atoms with Gasteiger partial charge in [0.2, 0.25) is 0 Å². The quantitative estimate of drug-likeness (QED) is 0.0729. The maximum absolute atomic E-state index is 12.7. The van der Waals surface area contributed by atoms with Crippen molar-refractivity contribution in [3.8, 4) is 52.1 Å². The highest BCUT2D eigenvalue weighted by molar-refractivity contribution is 8.01. The van der Waals surface area contributed by atoms with E-state index in [-0.39, 0.29) is 35.9 Å². The van der Waals surface area contributed by atoms with Gasteiger partial charge in [0.15, 0.2) is 11.6 Å². The topological polar surface area (TPSA) is 191 Å². The number of aromatic hydroxyl groups is 2. The van der Waals surface area contributed by atoms with Crippen LogP contribution in [0.25, 0.3) is 0 Å². The molecule has 0 amide bonds. The summed E-state index contributed by atoms with van der Waals surface area (Å²) in [5.74, 6) is 3.11. The van der Waals surface area contributed by atoms with E-state index in [0.717, 1.165) is 82.7 Å². The molecule has 87 heavy (non-hydrogen) atoms. The molecule has 8 aromatic carbocycles. The summed E-state index contributed by atoms with van der Waals surface area (Å²) >= 11 is 12.7. The van der Waals surface area contributed by atoms with Crippen LogP contribution in [0.2, 0.25) is 0 Å². The highest BCUT2D eigenvalue weighted by Crippen LogP contribution is 2.46. The Morgan fingerprint density at radius 3 is 1.33 bits per heavy atom. The smallest absolute Gasteiger partial charge is 0.307 e. The van der Waals surface area contributed by atoms with E-state index in [1.165, 1.54) is 40.6 Å².